The van der Waals surface area contributed by atoms with Gasteiger partial charge in [-0.25, -0.2) is 18.4 Å². The average Bonchev–Trinajstić information content (AvgIpc) is 2.33. The van der Waals surface area contributed by atoms with Crippen LogP contribution in [0.25, 0.3) is 0 Å². The van der Waals surface area contributed by atoms with E-state index in [1.165, 1.54) is 0 Å². The molecule has 1 aliphatic heterocycles. The Kier molecular flexibility index (Phi) is 6.55. The van der Waals surface area contributed by atoms with Crippen LogP contribution in [0.5, 0.6) is 0 Å². The highest BCUT2D eigenvalue weighted by molar-refractivity contribution is 7.89. The van der Waals surface area contributed by atoms with Crippen LogP contribution in [0.2, 0.25) is 0 Å². The molecule has 0 aromatic heterocycles. The molecule has 0 saturated carbocycles. The van der Waals surface area contributed by atoms with Gasteiger partial charge in [-0.05, 0) is 53.0 Å². The Morgan fingerprint density at radius 3 is 2.48 bits per heavy atom. The summed E-state index contributed by atoms with van der Waals surface area (Å²) in [5.41, 5.74) is -0.431. The first kappa shape index (κ1) is 19.9. The number of amides is 3. The normalized spacial score (nSPS) is 21.5. The van der Waals surface area contributed by atoms with Crippen LogP contribution >= 0.6 is 0 Å². The number of nitrogens with one attached hydrogen (secondary N) is 2. The molecule has 0 spiro atoms. The van der Waals surface area contributed by atoms with Crippen molar-refractivity contribution >= 4 is 22.0 Å². The van der Waals surface area contributed by atoms with E-state index in [9.17, 15) is 18.0 Å². The number of carbonyl (C=O) groups excluding carboxylic acids is 2. The minimum atomic E-state index is -3.52. The van der Waals surface area contributed by atoms with Crippen LogP contribution in [0.4, 0.5) is 4.79 Å². The van der Waals surface area contributed by atoms with Crippen molar-refractivity contribution in [2.24, 2.45) is 11.1 Å². The first-order chi connectivity index (χ1) is 10.4. The molecule has 0 aromatic rings. The van der Waals surface area contributed by atoms with Gasteiger partial charge in [0.2, 0.25) is 15.9 Å². The highest BCUT2D eigenvalue weighted by Crippen LogP contribution is 2.19. The van der Waals surface area contributed by atoms with Crippen molar-refractivity contribution in [1.82, 2.24) is 15.5 Å². The summed E-state index contributed by atoms with van der Waals surface area (Å²) < 4.78 is 22.4. The molecule has 134 valence electrons. The number of likely N-dealkylation sites (tertiary alicyclic amines) is 1. The number of urea groups is 1. The number of hydrogen-bond donors (Lipinski definition) is 3. The van der Waals surface area contributed by atoms with E-state index in [2.05, 4.69) is 10.6 Å². The van der Waals surface area contributed by atoms with Crippen molar-refractivity contribution in [2.75, 3.05) is 18.8 Å². The van der Waals surface area contributed by atoms with Gasteiger partial charge in [-0.3, -0.25) is 15.0 Å². The van der Waals surface area contributed by atoms with Crippen molar-refractivity contribution in [1.29, 1.82) is 0 Å². The molecule has 3 amide bonds. The Balaban J connectivity index is 2.57. The summed E-state index contributed by atoms with van der Waals surface area (Å²) >= 11 is 0. The summed E-state index contributed by atoms with van der Waals surface area (Å²) in [6, 6.07) is -1.04. The quantitative estimate of drug-likeness (QED) is 0.660. The molecule has 2 atom stereocenters. The van der Waals surface area contributed by atoms with Gasteiger partial charge in [0.25, 0.3) is 0 Å². The zero-order valence-corrected chi connectivity index (χ0v) is 15.1. The van der Waals surface area contributed by atoms with Crippen molar-refractivity contribution in [3.63, 3.8) is 0 Å². The zero-order valence-electron chi connectivity index (χ0n) is 14.3. The van der Waals surface area contributed by atoms with E-state index < -0.39 is 33.5 Å². The molecule has 1 rings (SSSR count). The highest BCUT2D eigenvalue weighted by atomic mass is 32.2. The third kappa shape index (κ3) is 7.76. The number of sulfonamides is 1. The second-order valence-electron chi connectivity index (χ2n) is 7.20. The SMILES string of the molecule is C[C@@H](C(=O)NC(=O)NC(C)(C)C)N1CCC[C@@H](CS(N)(=O)=O)C1. The first-order valence-electron chi connectivity index (χ1n) is 7.75. The van der Waals surface area contributed by atoms with Crippen LogP contribution < -0.4 is 15.8 Å². The van der Waals surface area contributed by atoms with Crippen molar-refractivity contribution in [3.05, 3.63) is 0 Å². The minimum absolute atomic E-state index is 0.0810. The first-order valence-corrected chi connectivity index (χ1v) is 9.46. The van der Waals surface area contributed by atoms with Gasteiger partial charge in [0, 0.05) is 12.1 Å². The number of rotatable bonds is 4. The Hall–Kier alpha value is -1.19. The number of nitrogens with two attached hydrogens (primary N) is 1. The number of piperidine rings is 1. The van der Waals surface area contributed by atoms with E-state index in [0.717, 1.165) is 12.8 Å². The maximum absolute atomic E-state index is 12.2. The van der Waals surface area contributed by atoms with Gasteiger partial charge in [-0.1, -0.05) is 0 Å². The molecule has 0 bridgehead atoms. The lowest BCUT2D eigenvalue weighted by molar-refractivity contribution is -0.125. The number of primary sulfonamides is 1. The Morgan fingerprint density at radius 2 is 1.96 bits per heavy atom. The fraction of sp³-hybridized carbons (Fsp3) is 0.857. The van der Waals surface area contributed by atoms with Gasteiger partial charge in [0.1, 0.15) is 0 Å². The van der Waals surface area contributed by atoms with Crippen LogP contribution in [0.15, 0.2) is 0 Å². The molecule has 1 fully saturated rings. The molecule has 0 radical (unpaired) electrons. The zero-order chi connectivity index (χ0) is 17.8. The van der Waals surface area contributed by atoms with Crippen LogP contribution in [-0.4, -0.2) is 55.7 Å². The predicted octanol–water partition coefficient (Wildman–Crippen LogP) is -0.000300. The Bertz CT molecular complexity index is 541. The third-order valence-corrected chi connectivity index (χ3v) is 4.61. The van der Waals surface area contributed by atoms with E-state index >= 15 is 0 Å². The van der Waals surface area contributed by atoms with Crippen molar-refractivity contribution < 1.29 is 18.0 Å². The lowest BCUT2D eigenvalue weighted by Gasteiger charge is -2.35. The van der Waals surface area contributed by atoms with Crippen LogP contribution in [0, 0.1) is 5.92 Å². The molecule has 23 heavy (non-hydrogen) atoms. The topological polar surface area (TPSA) is 122 Å². The molecule has 0 unspecified atom stereocenters. The van der Waals surface area contributed by atoms with Gasteiger partial charge in [0.15, 0.2) is 0 Å². The number of nitrogens with zero attached hydrogens (tertiary/aromatic N) is 1. The summed E-state index contributed by atoms with van der Waals surface area (Å²) in [6.07, 6.45) is 1.57. The van der Waals surface area contributed by atoms with Gasteiger partial charge in [-0.15, -0.1) is 0 Å². The van der Waals surface area contributed by atoms with E-state index in [4.69, 9.17) is 5.14 Å². The molecule has 8 nitrogen and oxygen atoms in total. The molecule has 1 saturated heterocycles. The number of hydrogen-bond acceptors (Lipinski definition) is 5. The molecule has 9 heteroatoms. The number of imide groups is 1. The maximum Gasteiger partial charge on any atom is 0.321 e. The van der Waals surface area contributed by atoms with Crippen LogP contribution in [0.1, 0.15) is 40.5 Å². The van der Waals surface area contributed by atoms with E-state index in [1.54, 1.807) is 6.92 Å². The lowest BCUT2D eigenvalue weighted by atomic mass is 9.98. The fourth-order valence-corrected chi connectivity index (χ4v) is 3.60. The molecular formula is C14H28N4O4S. The minimum Gasteiger partial charge on any atom is -0.333 e. The van der Waals surface area contributed by atoms with Gasteiger partial charge in [-0.2, -0.15) is 0 Å². The second kappa shape index (κ2) is 7.59. The van der Waals surface area contributed by atoms with Crippen molar-refractivity contribution in [3.8, 4) is 0 Å². The number of carbonyl (C=O) groups is 2. The maximum atomic E-state index is 12.2. The molecule has 0 aromatic carbocycles. The summed E-state index contributed by atoms with van der Waals surface area (Å²) in [7, 11) is -3.52. The lowest BCUT2D eigenvalue weighted by Crippen LogP contribution is -2.54. The molecule has 4 N–H and O–H groups in total. The molecular weight excluding hydrogens is 320 g/mol. The van der Waals surface area contributed by atoms with Gasteiger partial charge < -0.3 is 5.32 Å². The van der Waals surface area contributed by atoms with E-state index in [0.29, 0.717) is 13.1 Å². The summed E-state index contributed by atoms with van der Waals surface area (Å²) in [6.45, 7) is 8.34. The van der Waals surface area contributed by atoms with E-state index in [-0.39, 0.29) is 11.7 Å². The highest BCUT2D eigenvalue weighted by Gasteiger charge is 2.30. The summed E-state index contributed by atoms with van der Waals surface area (Å²) in [4.78, 5) is 25.8. The molecule has 1 heterocycles. The third-order valence-electron chi connectivity index (χ3n) is 3.67. The predicted molar refractivity (Wildman–Crippen MR) is 88.2 cm³/mol. The monoisotopic (exact) mass is 348 g/mol. The van der Waals surface area contributed by atoms with Crippen LogP contribution in [0.3, 0.4) is 0 Å². The largest absolute Gasteiger partial charge is 0.333 e. The molecule has 1 aliphatic rings. The molecule has 0 aliphatic carbocycles. The Morgan fingerprint density at radius 1 is 1.35 bits per heavy atom. The summed E-state index contributed by atoms with van der Waals surface area (Å²) in [5, 5.41) is 10.1. The fourth-order valence-electron chi connectivity index (χ4n) is 2.67. The van der Waals surface area contributed by atoms with E-state index in [1.807, 2.05) is 25.7 Å². The summed E-state index contributed by atoms with van der Waals surface area (Å²) in [5.74, 6) is -0.567. The Labute approximate surface area is 138 Å². The average molecular weight is 348 g/mol. The standard InChI is InChI=1S/C14H28N4O4S/c1-10(12(19)16-13(20)17-14(2,3)4)18-7-5-6-11(8-18)9-23(15,21)22/h10-11H,5-9H2,1-4H3,(H2,15,21,22)(H2,16,17,19,20)/t10-,11+/m0/s1. The van der Waals surface area contributed by atoms with Crippen molar-refractivity contribution in [2.45, 2.75) is 52.1 Å². The second-order valence-corrected chi connectivity index (χ2v) is 8.86. The van der Waals surface area contributed by atoms with Gasteiger partial charge in [0.05, 0.1) is 11.8 Å². The smallest absolute Gasteiger partial charge is 0.321 e. The van der Waals surface area contributed by atoms with Crippen LogP contribution in [-0.2, 0) is 14.8 Å². The van der Waals surface area contributed by atoms with Gasteiger partial charge >= 0.3 is 6.03 Å².